The van der Waals surface area contributed by atoms with E-state index in [-0.39, 0.29) is 24.3 Å². The smallest absolute Gasteiger partial charge is 0.255 e. The van der Waals surface area contributed by atoms with E-state index in [9.17, 15) is 14.4 Å². The van der Waals surface area contributed by atoms with Crippen molar-refractivity contribution in [1.29, 1.82) is 0 Å². The zero-order chi connectivity index (χ0) is 18.9. The van der Waals surface area contributed by atoms with Crippen LogP contribution in [0.15, 0.2) is 54.6 Å². The highest BCUT2D eigenvalue weighted by molar-refractivity contribution is 6.04. The van der Waals surface area contributed by atoms with Crippen LogP contribution in [0.3, 0.4) is 0 Å². The third-order valence-corrected chi connectivity index (χ3v) is 3.96. The van der Waals surface area contributed by atoms with Crippen LogP contribution in [0.2, 0.25) is 0 Å². The molecule has 6 heteroatoms. The summed E-state index contributed by atoms with van der Waals surface area (Å²) in [5.41, 5.74) is 1.58. The Morgan fingerprint density at radius 3 is 1.96 bits per heavy atom. The fourth-order valence-corrected chi connectivity index (χ4v) is 2.44. The Balaban J connectivity index is 1.91. The first kappa shape index (κ1) is 19.2. The molecule has 0 heterocycles. The predicted molar refractivity (Wildman–Crippen MR) is 101 cm³/mol. The first-order chi connectivity index (χ1) is 12.5. The van der Waals surface area contributed by atoms with Gasteiger partial charge in [0.2, 0.25) is 5.91 Å². The zero-order valence-corrected chi connectivity index (χ0v) is 15.0. The summed E-state index contributed by atoms with van der Waals surface area (Å²) < 4.78 is 0. The second kappa shape index (κ2) is 9.36. The molecule has 0 saturated carbocycles. The number of anilines is 1. The van der Waals surface area contributed by atoms with Crippen LogP contribution >= 0.6 is 0 Å². The van der Waals surface area contributed by atoms with Gasteiger partial charge in [0.15, 0.2) is 0 Å². The van der Waals surface area contributed by atoms with E-state index in [1.54, 1.807) is 53.4 Å². The highest BCUT2D eigenvalue weighted by Crippen LogP contribution is 2.11. The average molecular weight is 353 g/mol. The molecule has 0 unspecified atom stereocenters. The average Bonchev–Trinajstić information content (AvgIpc) is 2.68. The van der Waals surface area contributed by atoms with E-state index in [4.69, 9.17) is 0 Å². The lowest BCUT2D eigenvalue weighted by Crippen LogP contribution is -2.39. The van der Waals surface area contributed by atoms with E-state index in [1.807, 2.05) is 19.9 Å². The molecule has 3 amide bonds. The molecule has 0 aliphatic carbocycles. The highest BCUT2D eigenvalue weighted by Gasteiger charge is 2.12. The van der Waals surface area contributed by atoms with Gasteiger partial charge < -0.3 is 15.5 Å². The minimum absolute atomic E-state index is 0.0347. The molecule has 2 aromatic carbocycles. The number of benzene rings is 2. The van der Waals surface area contributed by atoms with Crippen LogP contribution in [-0.4, -0.2) is 42.3 Å². The second-order valence-electron chi connectivity index (χ2n) is 5.65. The molecule has 0 fully saturated rings. The van der Waals surface area contributed by atoms with Crippen molar-refractivity contribution in [3.8, 4) is 0 Å². The van der Waals surface area contributed by atoms with Gasteiger partial charge in [-0.1, -0.05) is 18.2 Å². The van der Waals surface area contributed by atoms with Crippen molar-refractivity contribution >= 4 is 23.4 Å². The van der Waals surface area contributed by atoms with Gasteiger partial charge in [-0.15, -0.1) is 0 Å². The first-order valence-corrected chi connectivity index (χ1v) is 8.57. The summed E-state index contributed by atoms with van der Waals surface area (Å²) in [6.07, 6.45) is 0. The third-order valence-electron chi connectivity index (χ3n) is 3.96. The summed E-state index contributed by atoms with van der Waals surface area (Å²) in [6.45, 7) is 4.98. The fourth-order valence-electron chi connectivity index (χ4n) is 2.44. The van der Waals surface area contributed by atoms with Crippen LogP contribution in [0.4, 0.5) is 5.69 Å². The molecular weight excluding hydrogens is 330 g/mol. The van der Waals surface area contributed by atoms with Gasteiger partial charge in [0.05, 0.1) is 6.54 Å². The number of nitrogens with one attached hydrogen (secondary N) is 2. The fraction of sp³-hybridized carbons (Fsp3) is 0.250. The largest absolute Gasteiger partial charge is 0.343 e. The van der Waals surface area contributed by atoms with Crippen molar-refractivity contribution in [2.75, 3.05) is 25.0 Å². The molecule has 0 radical (unpaired) electrons. The topological polar surface area (TPSA) is 78.5 Å². The van der Waals surface area contributed by atoms with Crippen molar-refractivity contribution in [3.63, 3.8) is 0 Å². The Morgan fingerprint density at radius 2 is 1.38 bits per heavy atom. The molecule has 0 saturated heterocycles. The van der Waals surface area contributed by atoms with Gasteiger partial charge >= 0.3 is 0 Å². The molecule has 6 nitrogen and oxygen atoms in total. The van der Waals surface area contributed by atoms with E-state index >= 15 is 0 Å². The number of rotatable bonds is 7. The van der Waals surface area contributed by atoms with Crippen LogP contribution in [0, 0.1) is 0 Å². The van der Waals surface area contributed by atoms with Gasteiger partial charge in [-0.25, -0.2) is 0 Å². The van der Waals surface area contributed by atoms with Gasteiger partial charge in [-0.05, 0) is 50.2 Å². The Hall–Kier alpha value is -3.15. The molecule has 2 N–H and O–H groups in total. The molecule has 0 spiro atoms. The maximum atomic E-state index is 12.1. The summed E-state index contributed by atoms with van der Waals surface area (Å²) in [5, 5.41) is 5.39. The lowest BCUT2D eigenvalue weighted by atomic mass is 10.1. The Kier molecular flexibility index (Phi) is 6.91. The van der Waals surface area contributed by atoms with Crippen molar-refractivity contribution < 1.29 is 14.4 Å². The lowest BCUT2D eigenvalue weighted by molar-refractivity contribution is -0.129. The molecule has 2 rings (SSSR count). The van der Waals surface area contributed by atoms with E-state index in [1.165, 1.54) is 0 Å². The summed E-state index contributed by atoms with van der Waals surface area (Å²) in [5.74, 6) is -0.658. The van der Waals surface area contributed by atoms with Gasteiger partial charge in [-0.2, -0.15) is 0 Å². The second-order valence-corrected chi connectivity index (χ2v) is 5.65. The van der Waals surface area contributed by atoms with Gasteiger partial charge in [0, 0.05) is 29.9 Å². The minimum Gasteiger partial charge on any atom is -0.343 e. The summed E-state index contributed by atoms with van der Waals surface area (Å²) in [7, 11) is 0. The summed E-state index contributed by atoms with van der Waals surface area (Å²) >= 11 is 0. The van der Waals surface area contributed by atoms with Crippen LogP contribution in [-0.2, 0) is 4.79 Å². The maximum Gasteiger partial charge on any atom is 0.255 e. The van der Waals surface area contributed by atoms with E-state index in [0.717, 1.165) is 0 Å². The molecule has 0 bridgehead atoms. The van der Waals surface area contributed by atoms with Crippen LogP contribution in [0.25, 0.3) is 0 Å². The quantitative estimate of drug-likeness (QED) is 0.803. The third kappa shape index (κ3) is 5.17. The Bertz CT molecular complexity index is 754. The lowest BCUT2D eigenvalue weighted by Gasteiger charge is -2.18. The molecule has 2 aromatic rings. The van der Waals surface area contributed by atoms with Crippen LogP contribution in [0.1, 0.15) is 34.6 Å². The monoisotopic (exact) mass is 353 g/mol. The van der Waals surface area contributed by atoms with Crippen molar-refractivity contribution in [3.05, 3.63) is 65.7 Å². The molecule has 0 atom stereocenters. The summed E-state index contributed by atoms with van der Waals surface area (Å²) in [4.78, 5) is 37.8. The highest BCUT2D eigenvalue weighted by atomic mass is 16.2. The van der Waals surface area contributed by atoms with Crippen molar-refractivity contribution in [2.45, 2.75) is 13.8 Å². The number of carbonyl (C=O) groups excluding carboxylic acids is 3. The SMILES string of the molecule is CCN(CC)C(=O)CNC(=O)c1ccc(NC(=O)c2ccccc2)cc1. The molecule has 26 heavy (non-hydrogen) atoms. The first-order valence-electron chi connectivity index (χ1n) is 8.57. The number of carbonyl (C=O) groups is 3. The number of amides is 3. The Morgan fingerprint density at radius 1 is 0.808 bits per heavy atom. The minimum atomic E-state index is -0.327. The maximum absolute atomic E-state index is 12.1. The van der Waals surface area contributed by atoms with Crippen molar-refractivity contribution in [2.24, 2.45) is 0 Å². The summed E-state index contributed by atoms with van der Waals surface area (Å²) in [6, 6.07) is 15.4. The van der Waals surface area contributed by atoms with Crippen LogP contribution in [0.5, 0.6) is 0 Å². The molecule has 136 valence electrons. The molecule has 0 aromatic heterocycles. The standard InChI is InChI=1S/C20H23N3O3/c1-3-23(4-2)18(24)14-21-19(25)16-10-12-17(13-11-16)22-20(26)15-8-6-5-7-9-15/h5-13H,3-4,14H2,1-2H3,(H,21,25)(H,22,26). The van der Waals surface area contributed by atoms with E-state index < -0.39 is 0 Å². The Labute approximate surface area is 153 Å². The molecular formula is C20H23N3O3. The van der Waals surface area contributed by atoms with E-state index in [2.05, 4.69) is 10.6 Å². The van der Waals surface area contributed by atoms with Gasteiger partial charge in [-0.3, -0.25) is 14.4 Å². The number of likely N-dealkylation sites (N-methyl/N-ethyl adjacent to an activating group) is 1. The van der Waals surface area contributed by atoms with Gasteiger partial charge in [0.1, 0.15) is 0 Å². The molecule has 0 aliphatic rings. The zero-order valence-electron chi connectivity index (χ0n) is 15.0. The van der Waals surface area contributed by atoms with Gasteiger partial charge in [0.25, 0.3) is 11.8 Å². The van der Waals surface area contributed by atoms with Crippen LogP contribution < -0.4 is 10.6 Å². The van der Waals surface area contributed by atoms with Crippen molar-refractivity contribution in [1.82, 2.24) is 10.2 Å². The number of nitrogens with zero attached hydrogens (tertiary/aromatic N) is 1. The predicted octanol–water partition coefficient (Wildman–Crippen LogP) is 2.54. The molecule has 0 aliphatic heterocycles. The number of hydrogen-bond donors (Lipinski definition) is 2. The normalized spacial score (nSPS) is 10.1. The number of hydrogen-bond acceptors (Lipinski definition) is 3. The van der Waals surface area contributed by atoms with E-state index in [0.29, 0.717) is 29.9 Å².